The molecule has 1 nitrogen and oxygen atoms in total. The van der Waals surface area contributed by atoms with Crippen LogP contribution in [0.3, 0.4) is 0 Å². The van der Waals surface area contributed by atoms with Gasteiger partial charge in [-0.25, -0.2) is 0 Å². The van der Waals surface area contributed by atoms with E-state index in [4.69, 9.17) is 4.43 Å². The van der Waals surface area contributed by atoms with Gasteiger partial charge in [0.15, 0.2) is 0 Å². The third kappa shape index (κ3) is 3.92. The average Bonchev–Trinajstić information content (AvgIpc) is 1.86. The molecule has 0 fully saturated rings. The molecule has 0 spiro atoms. The van der Waals surface area contributed by atoms with Crippen LogP contribution in [-0.4, -0.2) is 16.1 Å². The third-order valence-corrected chi connectivity index (χ3v) is 3.59. The van der Waals surface area contributed by atoms with Crippen LogP contribution in [0.2, 0.25) is 0 Å². The van der Waals surface area contributed by atoms with Crippen LogP contribution in [0, 0.1) is 11.8 Å². The first-order valence-corrected chi connectivity index (χ1v) is 5.27. The maximum atomic E-state index is 5.54. The summed E-state index contributed by atoms with van der Waals surface area (Å²) < 4.78 is 5.54. The van der Waals surface area contributed by atoms with Crippen molar-refractivity contribution in [3.05, 3.63) is 0 Å². The molecule has 0 heterocycles. The van der Waals surface area contributed by atoms with Crippen LogP contribution in [0.1, 0.15) is 41.0 Å². The van der Waals surface area contributed by atoms with E-state index < -0.39 is 0 Å². The summed E-state index contributed by atoms with van der Waals surface area (Å²) in [5, 5.41) is 0. The molecule has 1 atom stereocenters. The first-order valence-electron chi connectivity index (χ1n) is 4.45. The van der Waals surface area contributed by atoms with E-state index in [1.54, 1.807) is 0 Å². The van der Waals surface area contributed by atoms with E-state index in [0.717, 1.165) is 16.4 Å². The van der Waals surface area contributed by atoms with E-state index in [1.165, 1.54) is 6.42 Å². The van der Waals surface area contributed by atoms with Gasteiger partial charge in [-0.05, 0) is 32.1 Å². The van der Waals surface area contributed by atoms with Crippen LogP contribution < -0.4 is 0 Å². The zero-order valence-electron chi connectivity index (χ0n) is 8.77. The largest absolute Gasteiger partial charge is 0.423 e. The second-order valence-electron chi connectivity index (χ2n) is 4.34. The molecule has 0 aliphatic heterocycles. The summed E-state index contributed by atoms with van der Waals surface area (Å²) in [5.41, 5.74) is 0.0937. The lowest BCUT2D eigenvalue weighted by Crippen LogP contribution is -2.32. The molecule has 0 saturated carbocycles. The summed E-state index contributed by atoms with van der Waals surface area (Å²) in [4.78, 5) is 0. The quantitative estimate of drug-likeness (QED) is 0.590. The zero-order valence-corrected chi connectivity index (χ0v) is 10.8. The molecule has 0 aromatic carbocycles. The van der Waals surface area contributed by atoms with E-state index in [-0.39, 0.29) is 5.60 Å². The molecule has 0 N–H and O–H groups in total. The SMILES string of the molecule is CC(C)CC(C)C(C)(C)O[SiH3]. The van der Waals surface area contributed by atoms with Gasteiger partial charge in [-0.3, -0.25) is 0 Å². The second-order valence-corrected chi connectivity index (χ2v) is 4.75. The van der Waals surface area contributed by atoms with Crippen molar-refractivity contribution in [1.82, 2.24) is 0 Å². The maximum absolute atomic E-state index is 5.54. The second kappa shape index (κ2) is 4.26. The number of rotatable bonds is 4. The predicted octanol–water partition coefficient (Wildman–Crippen LogP) is 1.74. The predicted molar refractivity (Wildman–Crippen MR) is 53.7 cm³/mol. The van der Waals surface area contributed by atoms with Crippen molar-refractivity contribution in [1.29, 1.82) is 0 Å². The first-order chi connectivity index (χ1) is 4.90. The molecular weight excluding hydrogens is 152 g/mol. The first kappa shape index (κ1) is 11.2. The molecule has 0 bridgehead atoms. The fourth-order valence-corrected chi connectivity index (χ4v) is 1.59. The lowest BCUT2D eigenvalue weighted by atomic mass is 9.86. The van der Waals surface area contributed by atoms with Gasteiger partial charge in [0.2, 0.25) is 0 Å². The van der Waals surface area contributed by atoms with E-state index in [9.17, 15) is 0 Å². The summed E-state index contributed by atoms with van der Waals surface area (Å²) in [5.74, 6) is 1.45. The summed E-state index contributed by atoms with van der Waals surface area (Å²) in [7, 11) is 0.846. The summed E-state index contributed by atoms with van der Waals surface area (Å²) >= 11 is 0. The van der Waals surface area contributed by atoms with Crippen molar-refractivity contribution in [2.75, 3.05) is 0 Å². The smallest absolute Gasteiger partial charge is 0.146 e. The van der Waals surface area contributed by atoms with Crippen molar-refractivity contribution in [3.8, 4) is 0 Å². The van der Waals surface area contributed by atoms with Gasteiger partial charge in [0, 0.05) is 0 Å². The molecule has 68 valence electrons. The van der Waals surface area contributed by atoms with E-state index in [2.05, 4.69) is 34.6 Å². The average molecular weight is 174 g/mol. The van der Waals surface area contributed by atoms with Gasteiger partial charge in [-0.15, -0.1) is 0 Å². The van der Waals surface area contributed by atoms with E-state index in [0.29, 0.717) is 5.92 Å². The molecule has 0 radical (unpaired) electrons. The van der Waals surface area contributed by atoms with Crippen LogP contribution in [0.15, 0.2) is 0 Å². The minimum absolute atomic E-state index is 0.0937. The van der Waals surface area contributed by atoms with E-state index in [1.807, 2.05) is 0 Å². The Bertz CT molecular complexity index is 110. The Labute approximate surface area is 74.1 Å². The molecule has 0 aromatic rings. The summed E-state index contributed by atoms with van der Waals surface area (Å²) in [6.45, 7) is 11.2. The molecular formula is C9H22OSi. The Morgan fingerprint density at radius 2 is 1.73 bits per heavy atom. The Hall–Kier alpha value is 0.177. The minimum Gasteiger partial charge on any atom is -0.423 e. The normalized spacial score (nSPS) is 15.8. The Kier molecular flexibility index (Phi) is 4.33. The highest BCUT2D eigenvalue weighted by Crippen LogP contribution is 2.25. The fourth-order valence-electron chi connectivity index (χ4n) is 1.19. The zero-order chi connectivity index (χ0) is 9.07. The van der Waals surface area contributed by atoms with Crippen molar-refractivity contribution >= 4 is 10.5 Å². The van der Waals surface area contributed by atoms with Crippen LogP contribution in [-0.2, 0) is 4.43 Å². The molecule has 0 saturated heterocycles. The highest BCUT2D eigenvalue weighted by molar-refractivity contribution is 5.98. The summed E-state index contributed by atoms with van der Waals surface area (Å²) in [6.07, 6.45) is 1.26. The van der Waals surface area contributed by atoms with Crippen LogP contribution >= 0.6 is 0 Å². The van der Waals surface area contributed by atoms with Crippen LogP contribution in [0.5, 0.6) is 0 Å². The Morgan fingerprint density at radius 1 is 1.27 bits per heavy atom. The lowest BCUT2D eigenvalue weighted by Gasteiger charge is -2.32. The van der Waals surface area contributed by atoms with Gasteiger partial charge in [0.25, 0.3) is 0 Å². The molecule has 0 amide bonds. The maximum Gasteiger partial charge on any atom is 0.146 e. The molecule has 11 heavy (non-hydrogen) atoms. The summed E-state index contributed by atoms with van der Waals surface area (Å²) in [6, 6.07) is 0. The molecule has 0 aliphatic rings. The van der Waals surface area contributed by atoms with E-state index >= 15 is 0 Å². The van der Waals surface area contributed by atoms with Crippen LogP contribution in [0.4, 0.5) is 0 Å². The monoisotopic (exact) mass is 174 g/mol. The van der Waals surface area contributed by atoms with Crippen molar-refractivity contribution in [2.24, 2.45) is 11.8 Å². The van der Waals surface area contributed by atoms with Gasteiger partial charge in [0.1, 0.15) is 10.5 Å². The molecule has 2 heteroatoms. The Balaban J connectivity index is 3.90. The standard InChI is InChI=1S/C9H22OSi/c1-7(2)6-8(3)9(4,5)10-11/h7-8H,6H2,1-5,11H3. The highest BCUT2D eigenvalue weighted by atomic mass is 28.2. The van der Waals surface area contributed by atoms with Crippen LogP contribution in [0.25, 0.3) is 0 Å². The molecule has 0 aromatic heterocycles. The van der Waals surface area contributed by atoms with Crippen molar-refractivity contribution in [3.63, 3.8) is 0 Å². The number of hydrogen-bond donors (Lipinski definition) is 0. The fraction of sp³-hybridized carbons (Fsp3) is 1.00. The van der Waals surface area contributed by atoms with Gasteiger partial charge >= 0.3 is 0 Å². The third-order valence-electron chi connectivity index (χ3n) is 2.54. The van der Waals surface area contributed by atoms with Gasteiger partial charge in [0.05, 0.1) is 5.60 Å². The lowest BCUT2D eigenvalue weighted by molar-refractivity contribution is 0.0513. The molecule has 0 rings (SSSR count). The van der Waals surface area contributed by atoms with Crippen molar-refractivity contribution in [2.45, 2.75) is 46.6 Å². The minimum atomic E-state index is 0.0937. The van der Waals surface area contributed by atoms with Crippen molar-refractivity contribution < 1.29 is 4.43 Å². The highest BCUT2D eigenvalue weighted by Gasteiger charge is 2.24. The molecule has 1 unspecified atom stereocenters. The van der Waals surface area contributed by atoms with Gasteiger partial charge < -0.3 is 4.43 Å². The van der Waals surface area contributed by atoms with Gasteiger partial charge in [-0.2, -0.15) is 0 Å². The number of hydrogen-bond acceptors (Lipinski definition) is 1. The van der Waals surface area contributed by atoms with Gasteiger partial charge in [-0.1, -0.05) is 20.8 Å². The topological polar surface area (TPSA) is 9.23 Å². The molecule has 0 aliphatic carbocycles. The Morgan fingerprint density at radius 3 is 2.00 bits per heavy atom.